The molecule has 1 aliphatic heterocycles. The molecule has 0 bridgehead atoms. The third kappa shape index (κ3) is 3.91. The number of carboxylic acid groups (broad SMARTS) is 1. The molecule has 116 valence electrons. The van der Waals surface area contributed by atoms with Crippen molar-refractivity contribution in [3.63, 3.8) is 0 Å². The summed E-state index contributed by atoms with van der Waals surface area (Å²) in [4.78, 5) is 13.1. The number of hydrogen-bond donors (Lipinski definition) is 1. The number of halogens is 2. The van der Waals surface area contributed by atoms with Gasteiger partial charge in [-0.2, -0.15) is 8.78 Å². The van der Waals surface area contributed by atoms with E-state index in [2.05, 4.69) is 9.64 Å². The molecule has 0 aliphatic carbocycles. The van der Waals surface area contributed by atoms with Crippen LogP contribution >= 0.6 is 0 Å². The van der Waals surface area contributed by atoms with Crippen molar-refractivity contribution in [1.29, 1.82) is 0 Å². The number of aliphatic carboxylic acids is 1. The van der Waals surface area contributed by atoms with Crippen molar-refractivity contribution in [3.8, 4) is 5.75 Å². The topological polar surface area (TPSA) is 49.8 Å². The van der Waals surface area contributed by atoms with Gasteiger partial charge < -0.3 is 9.84 Å². The molecule has 1 aromatic rings. The average Bonchev–Trinajstić information content (AvgIpc) is 2.46. The Bertz CT molecular complexity index is 488. The van der Waals surface area contributed by atoms with E-state index in [1.165, 1.54) is 6.07 Å². The number of hydrogen-bond acceptors (Lipinski definition) is 3. The molecule has 1 heterocycles. The molecule has 0 aromatic heterocycles. The van der Waals surface area contributed by atoms with E-state index in [9.17, 15) is 13.6 Å². The third-order valence-corrected chi connectivity index (χ3v) is 4.01. The second kappa shape index (κ2) is 6.85. The van der Waals surface area contributed by atoms with Gasteiger partial charge in [-0.15, -0.1) is 0 Å². The van der Waals surface area contributed by atoms with Crippen molar-refractivity contribution in [3.05, 3.63) is 29.8 Å². The molecule has 0 amide bonds. The van der Waals surface area contributed by atoms with Gasteiger partial charge >= 0.3 is 12.6 Å². The van der Waals surface area contributed by atoms with Gasteiger partial charge in [0, 0.05) is 11.6 Å². The summed E-state index contributed by atoms with van der Waals surface area (Å²) in [7, 11) is 0. The number of nitrogens with zero attached hydrogens (tertiary/aromatic N) is 1. The van der Waals surface area contributed by atoms with Crippen LogP contribution in [0.25, 0.3) is 0 Å². The highest BCUT2D eigenvalue weighted by atomic mass is 19.3. The van der Waals surface area contributed by atoms with Crippen LogP contribution in [0.1, 0.15) is 31.4 Å². The molecule has 1 aliphatic rings. The lowest BCUT2D eigenvalue weighted by molar-refractivity contribution is -0.143. The number of para-hydroxylation sites is 1. The van der Waals surface area contributed by atoms with E-state index in [0.29, 0.717) is 31.5 Å². The number of likely N-dealkylation sites (tertiary alicyclic amines) is 1. The van der Waals surface area contributed by atoms with Crippen LogP contribution in [0.5, 0.6) is 5.75 Å². The van der Waals surface area contributed by atoms with Crippen LogP contribution in [-0.4, -0.2) is 35.7 Å². The average molecular weight is 299 g/mol. The molecule has 1 N–H and O–H groups in total. The minimum absolute atomic E-state index is 0.0882. The summed E-state index contributed by atoms with van der Waals surface area (Å²) >= 11 is 0. The van der Waals surface area contributed by atoms with Crippen LogP contribution in [-0.2, 0) is 4.79 Å². The molecule has 21 heavy (non-hydrogen) atoms. The molecule has 2 rings (SSSR count). The summed E-state index contributed by atoms with van der Waals surface area (Å²) in [6.07, 6.45) is 1.16. The lowest BCUT2D eigenvalue weighted by Crippen LogP contribution is -2.38. The van der Waals surface area contributed by atoms with Crippen LogP contribution in [0, 0.1) is 5.92 Å². The summed E-state index contributed by atoms with van der Waals surface area (Å²) in [6, 6.07) is 6.65. The fourth-order valence-electron chi connectivity index (χ4n) is 2.76. The predicted octanol–water partition coefficient (Wildman–Crippen LogP) is 3.15. The summed E-state index contributed by atoms with van der Waals surface area (Å²) < 4.78 is 29.5. The Balaban J connectivity index is 2.07. The van der Waals surface area contributed by atoms with E-state index in [4.69, 9.17) is 5.11 Å². The number of alkyl halides is 2. The smallest absolute Gasteiger partial charge is 0.387 e. The normalized spacial score (nSPS) is 18.7. The Morgan fingerprint density at radius 2 is 1.95 bits per heavy atom. The summed E-state index contributed by atoms with van der Waals surface area (Å²) in [5.74, 6) is -0.884. The van der Waals surface area contributed by atoms with Gasteiger partial charge in [-0.3, -0.25) is 9.69 Å². The van der Waals surface area contributed by atoms with Crippen LogP contribution in [0.2, 0.25) is 0 Å². The van der Waals surface area contributed by atoms with Gasteiger partial charge in [0.05, 0.1) is 5.92 Å². The Labute approximate surface area is 122 Å². The number of carbonyl (C=O) groups is 1. The first-order valence-electron chi connectivity index (χ1n) is 6.99. The third-order valence-electron chi connectivity index (χ3n) is 4.01. The zero-order valence-corrected chi connectivity index (χ0v) is 11.8. The fraction of sp³-hybridized carbons (Fsp3) is 0.533. The zero-order chi connectivity index (χ0) is 15.4. The van der Waals surface area contributed by atoms with Gasteiger partial charge in [0.1, 0.15) is 5.75 Å². The van der Waals surface area contributed by atoms with Crippen LogP contribution < -0.4 is 4.74 Å². The molecule has 0 saturated carbocycles. The largest absolute Gasteiger partial charge is 0.481 e. The second-order valence-electron chi connectivity index (χ2n) is 5.24. The molecule has 1 fully saturated rings. The van der Waals surface area contributed by atoms with Crippen LogP contribution in [0.3, 0.4) is 0 Å². The first kappa shape index (κ1) is 15.7. The lowest BCUT2D eigenvalue weighted by atomic mass is 9.94. The number of rotatable bonds is 5. The van der Waals surface area contributed by atoms with E-state index in [1.807, 2.05) is 6.92 Å². The Morgan fingerprint density at radius 1 is 1.33 bits per heavy atom. The lowest BCUT2D eigenvalue weighted by Gasteiger charge is -2.35. The van der Waals surface area contributed by atoms with E-state index in [-0.39, 0.29) is 17.7 Å². The second-order valence-corrected chi connectivity index (χ2v) is 5.24. The van der Waals surface area contributed by atoms with Crippen LogP contribution in [0.15, 0.2) is 24.3 Å². The fourth-order valence-corrected chi connectivity index (χ4v) is 2.76. The molecule has 1 saturated heterocycles. The number of ether oxygens (including phenoxy) is 1. The van der Waals surface area contributed by atoms with Gasteiger partial charge in [0.15, 0.2) is 0 Å². The Hall–Kier alpha value is -1.69. The minimum Gasteiger partial charge on any atom is -0.481 e. The molecular weight excluding hydrogens is 280 g/mol. The van der Waals surface area contributed by atoms with Crippen molar-refractivity contribution in [2.45, 2.75) is 32.4 Å². The number of benzene rings is 1. The van der Waals surface area contributed by atoms with E-state index in [1.54, 1.807) is 18.2 Å². The van der Waals surface area contributed by atoms with E-state index in [0.717, 1.165) is 0 Å². The highest BCUT2D eigenvalue weighted by Crippen LogP contribution is 2.32. The van der Waals surface area contributed by atoms with Crippen molar-refractivity contribution < 1.29 is 23.4 Å². The van der Waals surface area contributed by atoms with Gasteiger partial charge in [-0.25, -0.2) is 0 Å². The Kier molecular flexibility index (Phi) is 5.12. The maximum atomic E-state index is 12.4. The predicted molar refractivity (Wildman–Crippen MR) is 73.4 cm³/mol. The number of piperidine rings is 1. The first-order chi connectivity index (χ1) is 9.99. The first-order valence-corrected chi connectivity index (χ1v) is 6.99. The van der Waals surface area contributed by atoms with Crippen molar-refractivity contribution in [2.75, 3.05) is 13.1 Å². The van der Waals surface area contributed by atoms with Crippen LogP contribution in [0.4, 0.5) is 8.78 Å². The van der Waals surface area contributed by atoms with Gasteiger partial charge in [0.2, 0.25) is 0 Å². The monoisotopic (exact) mass is 299 g/mol. The highest BCUT2D eigenvalue weighted by Gasteiger charge is 2.28. The summed E-state index contributed by atoms with van der Waals surface area (Å²) in [6.45, 7) is 0.355. The van der Waals surface area contributed by atoms with Crippen molar-refractivity contribution >= 4 is 5.97 Å². The molecular formula is C15H19F2NO3. The molecule has 1 atom stereocenters. The maximum Gasteiger partial charge on any atom is 0.387 e. The van der Waals surface area contributed by atoms with Crippen molar-refractivity contribution in [2.24, 2.45) is 5.92 Å². The van der Waals surface area contributed by atoms with E-state index >= 15 is 0 Å². The SMILES string of the molecule is CC(c1ccccc1OC(F)F)N1CCC(C(=O)O)CC1. The van der Waals surface area contributed by atoms with E-state index < -0.39 is 12.6 Å². The van der Waals surface area contributed by atoms with Gasteiger partial charge in [-0.1, -0.05) is 18.2 Å². The Morgan fingerprint density at radius 3 is 2.52 bits per heavy atom. The highest BCUT2D eigenvalue weighted by molar-refractivity contribution is 5.70. The maximum absolute atomic E-state index is 12.4. The van der Waals surface area contributed by atoms with Gasteiger partial charge in [0.25, 0.3) is 0 Å². The van der Waals surface area contributed by atoms with Gasteiger partial charge in [-0.05, 0) is 38.9 Å². The van der Waals surface area contributed by atoms with Crippen molar-refractivity contribution in [1.82, 2.24) is 4.90 Å². The number of carboxylic acids is 1. The molecule has 0 spiro atoms. The molecule has 1 aromatic carbocycles. The summed E-state index contributed by atoms with van der Waals surface area (Å²) in [5.41, 5.74) is 0.701. The molecule has 4 nitrogen and oxygen atoms in total. The summed E-state index contributed by atoms with van der Waals surface area (Å²) in [5, 5.41) is 9.00. The zero-order valence-electron chi connectivity index (χ0n) is 11.8. The quantitative estimate of drug-likeness (QED) is 0.907. The standard InChI is InChI=1S/C15H19F2NO3/c1-10(18-8-6-11(7-9-18)14(19)20)12-4-2-3-5-13(12)21-15(16)17/h2-5,10-11,15H,6-9H2,1H3,(H,19,20). The molecule has 1 unspecified atom stereocenters. The minimum atomic E-state index is -2.85. The molecule has 0 radical (unpaired) electrons. The molecule has 6 heteroatoms.